The van der Waals surface area contributed by atoms with Crippen LogP contribution in [0.25, 0.3) is 0 Å². The first-order valence-corrected chi connectivity index (χ1v) is 6.00. The molecular formula is C12H21N3O. The summed E-state index contributed by atoms with van der Waals surface area (Å²) in [6.07, 6.45) is 3.98. The molecule has 0 amide bonds. The lowest BCUT2D eigenvalue weighted by atomic mass is 9.97. The van der Waals surface area contributed by atoms with Gasteiger partial charge in [-0.2, -0.15) is 0 Å². The smallest absolute Gasteiger partial charge is 0.106 e. The van der Waals surface area contributed by atoms with Crippen molar-refractivity contribution in [3.63, 3.8) is 0 Å². The predicted octanol–water partition coefficient (Wildman–Crippen LogP) is 1.05. The van der Waals surface area contributed by atoms with Gasteiger partial charge in [-0.25, -0.2) is 4.98 Å². The van der Waals surface area contributed by atoms with Gasteiger partial charge in [0.2, 0.25) is 0 Å². The van der Waals surface area contributed by atoms with Gasteiger partial charge >= 0.3 is 0 Å². The minimum absolute atomic E-state index is 0.303. The Labute approximate surface area is 96.6 Å². The largest absolute Gasteiger partial charge is 0.384 e. The number of aromatic amines is 1. The Kier molecular flexibility index (Phi) is 3.61. The first kappa shape index (κ1) is 11.6. The third kappa shape index (κ3) is 2.62. The number of rotatable bonds is 4. The number of nitrogens with one attached hydrogen (secondary N) is 1. The summed E-state index contributed by atoms with van der Waals surface area (Å²) in [4.78, 5) is 8.05. The molecule has 1 heterocycles. The van der Waals surface area contributed by atoms with Gasteiger partial charge in [-0.1, -0.05) is 6.92 Å². The van der Waals surface area contributed by atoms with Gasteiger partial charge in [0.25, 0.3) is 0 Å². The molecule has 0 spiro atoms. The van der Waals surface area contributed by atoms with Crippen LogP contribution in [0.3, 0.4) is 0 Å². The summed E-state index contributed by atoms with van der Waals surface area (Å²) in [6.45, 7) is 2.96. The molecule has 0 saturated carbocycles. The maximum Gasteiger partial charge on any atom is 0.106 e. The van der Waals surface area contributed by atoms with Crippen LogP contribution in [0.2, 0.25) is 0 Å². The highest BCUT2D eigenvalue weighted by Gasteiger charge is 2.19. The number of imidazole rings is 1. The second kappa shape index (κ2) is 4.97. The van der Waals surface area contributed by atoms with Crippen LogP contribution in [0.1, 0.15) is 30.6 Å². The molecule has 16 heavy (non-hydrogen) atoms. The topological polar surface area (TPSA) is 63.9 Å². The molecule has 2 unspecified atom stereocenters. The SMILES string of the molecule is COCC(C)Cc1nc2c([nH]1)CC(N)CC2. The molecule has 1 aliphatic carbocycles. The highest BCUT2D eigenvalue weighted by Crippen LogP contribution is 2.19. The number of hydrogen-bond acceptors (Lipinski definition) is 3. The van der Waals surface area contributed by atoms with Crippen LogP contribution in [0, 0.1) is 5.92 Å². The summed E-state index contributed by atoms with van der Waals surface area (Å²) in [5.74, 6) is 1.59. The molecule has 0 saturated heterocycles. The van der Waals surface area contributed by atoms with E-state index >= 15 is 0 Å². The van der Waals surface area contributed by atoms with Crippen LogP contribution in [-0.4, -0.2) is 29.7 Å². The Morgan fingerprint density at radius 1 is 1.62 bits per heavy atom. The number of hydrogen-bond donors (Lipinski definition) is 2. The number of ether oxygens (including phenoxy) is 1. The summed E-state index contributed by atoms with van der Waals surface area (Å²) in [5.41, 5.74) is 8.41. The average Bonchev–Trinajstić information content (AvgIpc) is 2.59. The Morgan fingerprint density at radius 2 is 2.44 bits per heavy atom. The molecule has 0 radical (unpaired) electrons. The third-order valence-corrected chi connectivity index (χ3v) is 3.12. The molecule has 1 aromatic heterocycles. The van der Waals surface area contributed by atoms with Crippen molar-refractivity contribution in [2.75, 3.05) is 13.7 Å². The number of aromatic nitrogens is 2. The van der Waals surface area contributed by atoms with Gasteiger partial charge in [0.15, 0.2) is 0 Å². The predicted molar refractivity (Wildman–Crippen MR) is 63.3 cm³/mol. The number of fused-ring (bicyclic) bond motifs is 1. The first-order valence-electron chi connectivity index (χ1n) is 6.00. The zero-order valence-corrected chi connectivity index (χ0v) is 10.1. The van der Waals surface area contributed by atoms with E-state index in [1.54, 1.807) is 7.11 Å². The van der Waals surface area contributed by atoms with Gasteiger partial charge in [0.05, 0.1) is 5.69 Å². The van der Waals surface area contributed by atoms with Crippen molar-refractivity contribution >= 4 is 0 Å². The molecule has 1 aromatic rings. The van der Waals surface area contributed by atoms with Crippen LogP contribution >= 0.6 is 0 Å². The fourth-order valence-electron chi connectivity index (χ4n) is 2.34. The highest BCUT2D eigenvalue weighted by molar-refractivity contribution is 5.19. The van der Waals surface area contributed by atoms with Crippen LogP contribution in [-0.2, 0) is 24.0 Å². The maximum absolute atomic E-state index is 5.94. The number of methoxy groups -OCH3 is 1. The van der Waals surface area contributed by atoms with Gasteiger partial charge in [0, 0.05) is 38.3 Å². The number of aryl methyl sites for hydroxylation is 1. The first-order chi connectivity index (χ1) is 7.69. The molecule has 2 atom stereocenters. The van der Waals surface area contributed by atoms with Crippen LogP contribution in [0.4, 0.5) is 0 Å². The molecule has 0 bridgehead atoms. The van der Waals surface area contributed by atoms with E-state index in [2.05, 4.69) is 16.9 Å². The Morgan fingerprint density at radius 3 is 3.19 bits per heavy atom. The fraction of sp³-hybridized carbons (Fsp3) is 0.750. The summed E-state index contributed by atoms with van der Waals surface area (Å²) in [6, 6.07) is 0.303. The standard InChI is InChI=1S/C12H21N3O/c1-8(7-16-2)5-12-14-10-4-3-9(13)6-11(10)15-12/h8-9H,3-7,13H2,1-2H3,(H,14,15). The van der Waals surface area contributed by atoms with E-state index in [0.29, 0.717) is 12.0 Å². The number of nitrogens with zero attached hydrogens (tertiary/aromatic N) is 1. The van der Waals surface area contributed by atoms with E-state index in [1.807, 2.05) is 0 Å². The Hall–Kier alpha value is -0.870. The van der Waals surface area contributed by atoms with Gasteiger partial charge in [-0.3, -0.25) is 0 Å². The molecule has 0 aromatic carbocycles. The number of nitrogens with two attached hydrogens (primary N) is 1. The summed E-state index contributed by atoms with van der Waals surface area (Å²) >= 11 is 0. The van der Waals surface area contributed by atoms with Gasteiger partial charge in [0.1, 0.15) is 5.82 Å². The molecule has 1 aliphatic rings. The minimum atomic E-state index is 0.303. The molecule has 0 fully saturated rings. The Bertz CT molecular complexity index is 348. The highest BCUT2D eigenvalue weighted by atomic mass is 16.5. The van der Waals surface area contributed by atoms with E-state index < -0.39 is 0 Å². The second-order valence-electron chi connectivity index (χ2n) is 4.88. The maximum atomic E-state index is 5.94. The quantitative estimate of drug-likeness (QED) is 0.802. The van der Waals surface area contributed by atoms with Crippen molar-refractivity contribution in [1.82, 2.24) is 9.97 Å². The number of H-pyrrole nitrogens is 1. The van der Waals surface area contributed by atoms with Crippen molar-refractivity contribution in [3.8, 4) is 0 Å². The lowest BCUT2D eigenvalue weighted by Crippen LogP contribution is -2.27. The molecule has 4 nitrogen and oxygen atoms in total. The molecule has 2 rings (SSSR count). The van der Waals surface area contributed by atoms with E-state index in [0.717, 1.165) is 38.1 Å². The van der Waals surface area contributed by atoms with Gasteiger partial charge in [-0.05, 0) is 18.8 Å². The van der Waals surface area contributed by atoms with Crippen LogP contribution in [0.15, 0.2) is 0 Å². The third-order valence-electron chi connectivity index (χ3n) is 3.12. The van der Waals surface area contributed by atoms with Crippen LogP contribution in [0.5, 0.6) is 0 Å². The second-order valence-corrected chi connectivity index (χ2v) is 4.88. The summed E-state index contributed by atoms with van der Waals surface area (Å²) in [7, 11) is 1.74. The molecule has 4 heteroatoms. The molecule has 0 aliphatic heterocycles. The zero-order valence-electron chi connectivity index (χ0n) is 10.1. The van der Waals surface area contributed by atoms with E-state index in [-0.39, 0.29) is 0 Å². The molecule has 90 valence electrons. The fourth-order valence-corrected chi connectivity index (χ4v) is 2.34. The summed E-state index contributed by atoms with van der Waals surface area (Å²) in [5, 5.41) is 0. The molecular weight excluding hydrogens is 202 g/mol. The van der Waals surface area contributed by atoms with Crippen LogP contribution < -0.4 is 5.73 Å². The molecule has 3 N–H and O–H groups in total. The zero-order chi connectivity index (χ0) is 11.5. The lowest BCUT2D eigenvalue weighted by Gasteiger charge is -2.16. The lowest BCUT2D eigenvalue weighted by molar-refractivity contribution is 0.159. The van der Waals surface area contributed by atoms with E-state index in [1.165, 1.54) is 11.4 Å². The normalized spacial score (nSPS) is 21.8. The van der Waals surface area contributed by atoms with Crippen molar-refractivity contribution in [2.45, 2.75) is 38.6 Å². The summed E-state index contributed by atoms with van der Waals surface area (Å²) < 4.78 is 5.13. The van der Waals surface area contributed by atoms with E-state index in [4.69, 9.17) is 10.5 Å². The van der Waals surface area contributed by atoms with Crippen molar-refractivity contribution in [1.29, 1.82) is 0 Å². The average molecular weight is 223 g/mol. The minimum Gasteiger partial charge on any atom is -0.384 e. The van der Waals surface area contributed by atoms with Gasteiger partial charge in [-0.15, -0.1) is 0 Å². The monoisotopic (exact) mass is 223 g/mol. The van der Waals surface area contributed by atoms with Gasteiger partial charge < -0.3 is 15.5 Å². The van der Waals surface area contributed by atoms with Crippen molar-refractivity contribution in [3.05, 3.63) is 17.2 Å². The van der Waals surface area contributed by atoms with Crippen molar-refractivity contribution < 1.29 is 4.74 Å². The Balaban J connectivity index is 2.01. The van der Waals surface area contributed by atoms with Crippen molar-refractivity contribution in [2.24, 2.45) is 11.7 Å². The van der Waals surface area contributed by atoms with E-state index in [9.17, 15) is 0 Å².